The number of rotatable bonds is 1. The predicted octanol–water partition coefficient (Wildman–Crippen LogP) is -0.559. The van der Waals surface area contributed by atoms with Crippen molar-refractivity contribution in [2.24, 2.45) is 0 Å². The van der Waals surface area contributed by atoms with Crippen LogP contribution in [0.5, 0.6) is 0 Å². The van der Waals surface area contributed by atoms with Gasteiger partial charge in [-0.25, -0.2) is 0 Å². The smallest absolute Gasteiger partial charge is 0.303 e. The van der Waals surface area contributed by atoms with E-state index in [-0.39, 0.29) is 30.4 Å². The first-order valence-electron chi connectivity index (χ1n) is 4.35. The quantitative estimate of drug-likeness (QED) is 0.406. The van der Waals surface area contributed by atoms with E-state index < -0.39 is 6.29 Å². The second-order valence-corrected chi connectivity index (χ2v) is 3.52. The van der Waals surface area contributed by atoms with E-state index in [1.54, 1.807) is 0 Å². The Morgan fingerprint density at radius 3 is 3.00 bits per heavy atom. The van der Waals surface area contributed by atoms with Crippen LogP contribution in [0.2, 0.25) is 0 Å². The number of carbonyl (C=O) groups is 1. The number of ether oxygens (including phenoxy) is 4. The van der Waals surface area contributed by atoms with Crippen LogP contribution in [0.4, 0.5) is 0 Å². The van der Waals surface area contributed by atoms with Crippen molar-refractivity contribution >= 4 is 5.97 Å². The fourth-order valence-electron chi connectivity index (χ4n) is 1.95. The highest BCUT2D eigenvalue weighted by Crippen LogP contribution is 2.42. The van der Waals surface area contributed by atoms with Gasteiger partial charge in [-0.15, -0.1) is 0 Å². The molecule has 3 saturated heterocycles. The number of epoxide rings is 1. The molecule has 5 heteroatoms. The summed E-state index contributed by atoms with van der Waals surface area (Å²) in [5, 5.41) is 0. The Hall–Kier alpha value is -0.650. The van der Waals surface area contributed by atoms with Gasteiger partial charge in [0.25, 0.3) is 0 Å². The number of hydrogen-bond donors (Lipinski definition) is 0. The normalized spacial score (nSPS) is 51.3. The van der Waals surface area contributed by atoms with Crippen molar-refractivity contribution in [3.63, 3.8) is 0 Å². The van der Waals surface area contributed by atoms with E-state index in [9.17, 15) is 4.79 Å². The maximum absolute atomic E-state index is 10.8. The minimum Gasteiger partial charge on any atom is -0.454 e. The zero-order chi connectivity index (χ0) is 9.00. The maximum atomic E-state index is 10.8. The summed E-state index contributed by atoms with van der Waals surface area (Å²) in [6, 6.07) is 0. The van der Waals surface area contributed by atoms with E-state index in [1.807, 2.05) is 0 Å². The van der Waals surface area contributed by atoms with Gasteiger partial charge in [0.05, 0.1) is 6.61 Å². The molecule has 0 aromatic heterocycles. The largest absolute Gasteiger partial charge is 0.454 e. The van der Waals surface area contributed by atoms with Gasteiger partial charge in [-0.2, -0.15) is 0 Å². The monoisotopic (exact) mass is 186 g/mol. The van der Waals surface area contributed by atoms with Crippen molar-refractivity contribution in [1.82, 2.24) is 0 Å². The first-order chi connectivity index (χ1) is 6.25. The second kappa shape index (κ2) is 2.43. The van der Waals surface area contributed by atoms with Gasteiger partial charge < -0.3 is 18.9 Å². The van der Waals surface area contributed by atoms with Gasteiger partial charge in [0, 0.05) is 6.92 Å². The summed E-state index contributed by atoms with van der Waals surface area (Å²) in [5.74, 6) is -0.322. The highest BCUT2D eigenvalue weighted by Gasteiger charge is 2.62. The van der Waals surface area contributed by atoms with Crippen LogP contribution in [0.1, 0.15) is 6.92 Å². The van der Waals surface area contributed by atoms with E-state index in [0.717, 1.165) is 0 Å². The lowest BCUT2D eigenvalue weighted by Crippen LogP contribution is -2.42. The molecule has 3 heterocycles. The molecule has 0 aromatic carbocycles. The third-order valence-corrected chi connectivity index (χ3v) is 2.56. The predicted molar refractivity (Wildman–Crippen MR) is 38.8 cm³/mol. The Kier molecular flexibility index (Phi) is 1.45. The summed E-state index contributed by atoms with van der Waals surface area (Å²) in [6.07, 6.45) is -0.682. The van der Waals surface area contributed by atoms with Crippen molar-refractivity contribution in [1.29, 1.82) is 0 Å². The summed E-state index contributed by atoms with van der Waals surface area (Å²) in [4.78, 5) is 10.8. The number of esters is 1. The van der Waals surface area contributed by atoms with Crippen LogP contribution in [0.3, 0.4) is 0 Å². The molecule has 3 aliphatic heterocycles. The van der Waals surface area contributed by atoms with Crippen molar-refractivity contribution < 1.29 is 23.7 Å². The average molecular weight is 186 g/mol. The maximum Gasteiger partial charge on any atom is 0.303 e. The SMILES string of the molecule is CC(=O)O[C@@H]1[C@@H]2OC[C@@H](O2)[C@@H]2O[C@H]12. The number of hydrogen-bond acceptors (Lipinski definition) is 5. The van der Waals surface area contributed by atoms with Gasteiger partial charge in [-0.1, -0.05) is 0 Å². The Morgan fingerprint density at radius 1 is 1.38 bits per heavy atom. The molecule has 5 atom stereocenters. The van der Waals surface area contributed by atoms with Crippen LogP contribution >= 0.6 is 0 Å². The molecule has 3 fully saturated rings. The van der Waals surface area contributed by atoms with E-state index in [1.165, 1.54) is 6.92 Å². The van der Waals surface area contributed by atoms with E-state index in [2.05, 4.69) is 0 Å². The number of carbonyl (C=O) groups excluding carboxylic acids is 1. The first-order valence-corrected chi connectivity index (χ1v) is 4.35. The molecule has 0 unspecified atom stereocenters. The van der Waals surface area contributed by atoms with Crippen LogP contribution in [0.25, 0.3) is 0 Å². The Balaban J connectivity index is 1.76. The zero-order valence-electron chi connectivity index (χ0n) is 7.14. The summed E-state index contributed by atoms with van der Waals surface area (Å²) >= 11 is 0. The standard InChI is InChI=1S/C8H10O5/c1-3(9)11-7-6-5(13-6)4-2-10-8(7)12-4/h4-8H,2H2,1H3/t4-,5+,6+,7+,8-/m1/s1. The van der Waals surface area contributed by atoms with Gasteiger partial charge >= 0.3 is 5.97 Å². The van der Waals surface area contributed by atoms with Crippen LogP contribution in [-0.2, 0) is 23.7 Å². The molecule has 0 N–H and O–H groups in total. The molecule has 0 radical (unpaired) electrons. The lowest BCUT2D eigenvalue weighted by Gasteiger charge is -2.23. The summed E-state index contributed by atoms with van der Waals surface area (Å²) in [5.41, 5.74) is 0. The van der Waals surface area contributed by atoms with Crippen LogP contribution in [0.15, 0.2) is 0 Å². The topological polar surface area (TPSA) is 57.3 Å². The van der Waals surface area contributed by atoms with E-state index in [0.29, 0.717) is 6.61 Å². The molecule has 0 aliphatic carbocycles. The molecule has 3 rings (SSSR count). The minimum absolute atomic E-state index is 0.00449. The average Bonchev–Trinajstić information content (AvgIpc) is 2.74. The van der Waals surface area contributed by atoms with Gasteiger partial charge in [0.1, 0.15) is 18.3 Å². The lowest BCUT2D eigenvalue weighted by atomic mass is 10.1. The molecule has 3 aliphatic rings. The van der Waals surface area contributed by atoms with Gasteiger partial charge in [-0.3, -0.25) is 4.79 Å². The fraction of sp³-hybridized carbons (Fsp3) is 0.875. The minimum atomic E-state index is -0.419. The molecule has 5 nitrogen and oxygen atoms in total. The van der Waals surface area contributed by atoms with E-state index >= 15 is 0 Å². The highest BCUT2D eigenvalue weighted by molar-refractivity contribution is 5.66. The van der Waals surface area contributed by atoms with Gasteiger partial charge in [-0.05, 0) is 0 Å². The first kappa shape index (κ1) is 7.73. The Labute approximate surface area is 74.9 Å². The van der Waals surface area contributed by atoms with Crippen LogP contribution in [0, 0.1) is 0 Å². The molecular weight excluding hydrogens is 176 g/mol. The zero-order valence-corrected chi connectivity index (χ0v) is 7.14. The second-order valence-electron chi connectivity index (χ2n) is 3.52. The Bertz CT molecular complexity index is 253. The Morgan fingerprint density at radius 2 is 2.23 bits per heavy atom. The third-order valence-electron chi connectivity index (χ3n) is 2.56. The van der Waals surface area contributed by atoms with Crippen LogP contribution < -0.4 is 0 Å². The summed E-state index contributed by atoms with van der Waals surface area (Å²) in [6.45, 7) is 1.92. The van der Waals surface area contributed by atoms with Gasteiger partial charge in [0.2, 0.25) is 0 Å². The van der Waals surface area contributed by atoms with E-state index in [4.69, 9.17) is 18.9 Å². The molecule has 0 amide bonds. The number of fused-ring (bicyclic) bond motifs is 4. The van der Waals surface area contributed by atoms with Crippen LogP contribution in [-0.4, -0.2) is 43.3 Å². The molecule has 72 valence electrons. The molecule has 0 aromatic rings. The molecular formula is C8H10O5. The van der Waals surface area contributed by atoms with Crippen molar-refractivity contribution in [3.8, 4) is 0 Å². The van der Waals surface area contributed by atoms with Crippen molar-refractivity contribution in [3.05, 3.63) is 0 Å². The highest BCUT2D eigenvalue weighted by atomic mass is 16.8. The summed E-state index contributed by atoms with van der Waals surface area (Å²) in [7, 11) is 0. The van der Waals surface area contributed by atoms with Crippen molar-refractivity contribution in [2.45, 2.75) is 37.6 Å². The molecule has 0 saturated carbocycles. The lowest BCUT2D eigenvalue weighted by molar-refractivity contribution is -0.181. The summed E-state index contributed by atoms with van der Waals surface area (Å²) < 4.78 is 21.2. The molecule has 0 spiro atoms. The van der Waals surface area contributed by atoms with Crippen molar-refractivity contribution in [2.75, 3.05) is 6.61 Å². The van der Waals surface area contributed by atoms with Gasteiger partial charge in [0.15, 0.2) is 12.4 Å². The fourth-order valence-corrected chi connectivity index (χ4v) is 1.95. The third kappa shape index (κ3) is 1.08. The molecule has 2 bridgehead atoms. The molecule has 13 heavy (non-hydrogen) atoms.